The van der Waals surface area contributed by atoms with Crippen LogP contribution in [0, 0.1) is 5.92 Å². The van der Waals surface area contributed by atoms with E-state index in [0.29, 0.717) is 17.7 Å². The Balaban J connectivity index is 2.65. The van der Waals surface area contributed by atoms with E-state index in [0.717, 1.165) is 6.42 Å². The van der Waals surface area contributed by atoms with Gasteiger partial charge in [-0.25, -0.2) is 0 Å². The van der Waals surface area contributed by atoms with Crippen LogP contribution in [0.2, 0.25) is 0 Å². The van der Waals surface area contributed by atoms with Gasteiger partial charge < -0.3 is 5.73 Å². The molecule has 1 aliphatic carbocycles. The van der Waals surface area contributed by atoms with Crippen molar-refractivity contribution in [2.75, 3.05) is 6.54 Å². The molecule has 0 heterocycles. The van der Waals surface area contributed by atoms with E-state index in [1.807, 2.05) is 0 Å². The highest BCUT2D eigenvalue weighted by atomic mass is 32.2. The highest BCUT2D eigenvalue weighted by Gasteiger charge is 2.28. The zero-order chi connectivity index (χ0) is 10.6. The summed E-state index contributed by atoms with van der Waals surface area (Å²) in [7, 11) is -0.679. The first kappa shape index (κ1) is 12.2. The van der Waals surface area contributed by atoms with Crippen LogP contribution in [0.25, 0.3) is 0 Å². The van der Waals surface area contributed by atoms with Gasteiger partial charge in [0.1, 0.15) is 0 Å². The van der Waals surface area contributed by atoms with Gasteiger partial charge in [-0.15, -0.1) is 0 Å². The van der Waals surface area contributed by atoms with Gasteiger partial charge >= 0.3 is 0 Å². The molecule has 0 bridgehead atoms. The summed E-state index contributed by atoms with van der Waals surface area (Å²) in [5.74, 6) is 0.501. The van der Waals surface area contributed by atoms with Crippen molar-refractivity contribution in [2.45, 2.75) is 56.5 Å². The second-order valence-electron chi connectivity index (χ2n) is 4.55. The van der Waals surface area contributed by atoms with Crippen LogP contribution in [0.5, 0.6) is 0 Å². The van der Waals surface area contributed by atoms with Crippen molar-refractivity contribution >= 4 is 10.8 Å². The molecule has 2 nitrogen and oxygen atoms in total. The van der Waals surface area contributed by atoms with Gasteiger partial charge in [-0.3, -0.25) is 4.21 Å². The lowest BCUT2D eigenvalue weighted by atomic mass is 10.0. The fourth-order valence-corrected chi connectivity index (χ4v) is 4.00. The monoisotopic (exact) mass is 217 g/mol. The molecule has 0 spiro atoms. The summed E-state index contributed by atoms with van der Waals surface area (Å²) in [4.78, 5) is 0. The average molecular weight is 217 g/mol. The zero-order valence-electron chi connectivity index (χ0n) is 9.37. The third-order valence-corrected chi connectivity index (χ3v) is 5.30. The van der Waals surface area contributed by atoms with Crippen molar-refractivity contribution in [3.8, 4) is 0 Å². The maximum atomic E-state index is 12.1. The Hall–Kier alpha value is 0.110. The SMILES string of the molecule is CC(C)S(=O)C1CCCCCC1CN. The predicted octanol–water partition coefficient (Wildman–Crippen LogP) is 2.05. The van der Waals surface area contributed by atoms with Gasteiger partial charge in [0.15, 0.2) is 0 Å². The Morgan fingerprint density at radius 2 is 1.93 bits per heavy atom. The van der Waals surface area contributed by atoms with Crippen molar-refractivity contribution in [1.82, 2.24) is 0 Å². The van der Waals surface area contributed by atoms with Crippen molar-refractivity contribution in [1.29, 1.82) is 0 Å². The second-order valence-corrected chi connectivity index (χ2v) is 6.75. The largest absolute Gasteiger partial charge is 0.330 e. The van der Waals surface area contributed by atoms with E-state index < -0.39 is 10.8 Å². The molecule has 14 heavy (non-hydrogen) atoms. The molecule has 1 fully saturated rings. The summed E-state index contributed by atoms with van der Waals surface area (Å²) in [6.45, 7) is 4.81. The van der Waals surface area contributed by atoms with E-state index in [2.05, 4.69) is 13.8 Å². The minimum Gasteiger partial charge on any atom is -0.330 e. The first-order valence-electron chi connectivity index (χ1n) is 5.76. The van der Waals surface area contributed by atoms with Crippen LogP contribution in [0.15, 0.2) is 0 Å². The van der Waals surface area contributed by atoms with Crippen LogP contribution in [-0.4, -0.2) is 21.3 Å². The van der Waals surface area contributed by atoms with Crippen LogP contribution >= 0.6 is 0 Å². The van der Waals surface area contributed by atoms with Crippen LogP contribution in [0.1, 0.15) is 46.0 Å². The Bertz CT molecular complexity index is 194. The number of hydrogen-bond donors (Lipinski definition) is 1. The lowest BCUT2D eigenvalue weighted by Gasteiger charge is -2.24. The highest BCUT2D eigenvalue weighted by molar-refractivity contribution is 7.86. The standard InChI is InChI=1S/C11H23NOS/c1-9(2)14(13)11-7-5-3-4-6-10(11)8-12/h9-11H,3-8,12H2,1-2H3. The van der Waals surface area contributed by atoms with E-state index in [9.17, 15) is 4.21 Å². The summed E-state index contributed by atoms with van der Waals surface area (Å²) >= 11 is 0. The number of hydrogen-bond acceptors (Lipinski definition) is 2. The predicted molar refractivity (Wildman–Crippen MR) is 62.7 cm³/mol. The summed E-state index contributed by atoms with van der Waals surface area (Å²) in [6, 6.07) is 0. The minimum atomic E-state index is -0.679. The molecule has 2 N–H and O–H groups in total. The summed E-state index contributed by atoms with van der Waals surface area (Å²) in [5.41, 5.74) is 5.77. The quantitative estimate of drug-likeness (QED) is 0.735. The molecular weight excluding hydrogens is 194 g/mol. The molecular formula is C11H23NOS. The van der Waals surface area contributed by atoms with E-state index in [1.165, 1.54) is 25.7 Å². The first-order chi connectivity index (χ1) is 6.66. The number of rotatable bonds is 3. The molecule has 0 amide bonds. The Morgan fingerprint density at radius 3 is 2.50 bits per heavy atom. The van der Waals surface area contributed by atoms with Crippen LogP contribution in [-0.2, 0) is 10.8 Å². The molecule has 3 atom stereocenters. The summed E-state index contributed by atoms with van der Waals surface area (Å²) in [5, 5.41) is 0.648. The lowest BCUT2D eigenvalue weighted by molar-refractivity contribution is 0.472. The molecule has 1 rings (SSSR count). The molecule has 1 aliphatic rings. The molecule has 1 saturated carbocycles. The molecule has 0 aromatic carbocycles. The van der Waals surface area contributed by atoms with Gasteiger partial charge in [0.05, 0.1) is 0 Å². The fourth-order valence-electron chi connectivity index (χ4n) is 2.28. The van der Waals surface area contributed by atoms with Gasteiger partial charge in [0.25, 0.3) is 0 Å². The molecule has 0 aliphatic heterocycles. The molecule has 0 aromatic rings. The first-order valence-corrected chi connectivity index (χ1v) is 7.04. The van der Waals surface area contributed by atoms with Crippen LogP contribution in [0.4, 0.5) is 0 Å². The molecule has 0 aromatic heterocycles. The van der Waals surface area contributed by atoms with E-state index in [-0.39, 0.29) is 5.25 Å². The summed E-state index contributed by atoms with van der Waals surface area (Å²) in [6.07, 6.45) is 6.10. The second kappa shape index (κ2) is 5.86. The van der Waals surface area contributed by atoms with Gasteiger partial charge in [0.2, 0.25) is 0 Å². The molecule has 0 radical (unpaired) electrons. The van der Waals surface area contributed by atoms with E-state index >= 15 is 0 Å². The maximum Gasteiger partial charge on any atom is 0.0390 e. The highest BCUT2D eigenvalue weighted by Crippen LogP contribution is 2.27. The van der Waals surface area contributed by atoms with E-state index in [1.54, 1.807) is 0 Å². The third-order valence-electron chi connectivity index (χ3n) is 3.16. The smallest absolute Gasteiger partial charge is 0.0390 e. The van der Waals surface area contributed by atoms with Crippen LogP contribution < -0.4 is 5.73 Å². The fraction of sp³-hybridized carbons (Fsp3) is 1.00. The summed E-state index contributed by atoms with van der Waals surface area (Å²) < 4.78 is 12.1. The Labute approximate surface area is 90.1 Å². The van der Waals surface area contributed by atoms with Crippen molar-refractivity contribution in [3.63, 3.8) is 0 Å². The van der Waals surface area contributed by atoms with Crippen LogP contribution in [0.3, 0.4) is 0 Å². The molecule has 3 heteroatoms. The zero-order valence-corrected chi connectivity index (χ0v) is 10.2. The lowest BCUT2D eigenvalue weighted by Crippen LogP contribution is -2.33. The minimum absolute atomic E-state index is 0.284. The van der Waals surface area contributed by atoms with E-state index in [4.69, 9.17) is 5.73 Å². The molecule has 84 valence electrons. The number of nitrogens with two attached hydrogens (primary N) is 1. The topological polar surface area (TPSA) is 43.1 Å². The third kappa shape index (κ3) is 3.06. The normalized spacial score (nSPS) is 31.4. The molecule has 3 unspecified atom stereocenters. The Morgan fingerprint density at radius 1 is 1.29 bits per heavy atom. The average Bonchev–Trinajstić information content (AvgIpc) is 2.40. The Kier molecular flexibility index (Phi) is 5.10. The van der Waals surface area contributed by atoms with Gasteiger partial charge in [-0.2, -0.15) is 0 Å². The van der Waals surface area contributed by atoms with Gasteiger partial charge in [-0.05, 0) is 25.3 Å². The maximum absolute atomic E-state index is 12.1. The van der Waals surface area contributed by atoms with Gasteiger partial charge in [0, 0.05) is 21.3 Å². The van der Waals surface area contributed by atoms with Crippen molar-refractivity contribution in [2.24, 2.45) is 11.7 Å². The van der Waals surface area contributed by atoms with Crippen molar-refractivity contribution in [3.05, 3.63) is 0 Å². The van der Waals surface area contributed by atoms with Crippen molar-refractivity contribution < 1.29 is 4.21 Å². The molecule has 0 saturated heterocycles. The van der Waals surface area contributed by atoms with Gasteiger partial charge in [-0.1, -0.05) is 33.1 Å².